The predicted octanol–water partition coefficient (Wildman–Crippen LogP) is 4.54. The van der Waals surface area contributed by atoms with E-state index in [0.29, 0.717) is 23.0 Å². The van der Waals surface area contributed by atoms with Crippen LogP contribution in [0.4, 0.5) is 11.4 Å². The lowest BCUT2D eigenvalue weighted by molar-refractivity contribution is 0.102. The second-order valence-electron chi connectivity index (χ2n) is 7.52. The third-order valence-electron chi connectivity index (χ3n) is 5.51. The largest absolute Gasteiger partial charge is 0.372 e. The lowest BCUT2D eigenvalue weighted by Gasteiger charge is -2.21. The van der Waals surface area contributed by atoms with Crippen molar-refractivity contribution in [3.8, 4) is 0 Å². The fourth-order valence-electron chi connectivity index (χ4n) is 3.80. The zero-order valence-electron chi connectivity index (χ0n) is 18.3. The molecule has 0 aliphatic rings. The van der Waals surface area contributed by atoms with Crippen LogP contribution in [-0.4, -0.2) is 28.8 Å². The van der Waals surface area contributed by atoms with Gasteiger partial charge in [-0.25, -0.2) is 4.68 Å². The van der Waals surface area contributed by atoms with Gasteiger partial charge in [0.05, 0.1) is 11.9 Å². The molecule has 1 aromatic heterocycles. The third-order valence-corrected chi connectivity index (χ3v) is 5.51. The van der Waals surface area contributed by atoms with Gasteiger partial charge in [0, 0.05) is 29.9 Å². The molecule has 0 radical (unpaired) electrons. The average Bonchev–Trinajstić information content (AvgIpc) is 2.83. The fraction of sp³-hybridized carbons (Fsp3) is 0.192. The first kappa shape index (κ1) is 21.3. The summed E-state index contributed by atoms with van der Waals surface area (Å²) in [7, 11) is 0. The van der Waals surface area contributed by atoms with Crippen molar-refractivity contribution in [1.29, 1.82) is 0 Å². The van der Waals surface area contributed by atoms with Crippen molar-refractivity contribution in [3.63, 3.8) is 0 Å². The Balaban J connectivity index is 1.67. The van der Waals surface area contributed by atoms with E-state index in [9.17, 15) is 9.59 Å². The standard InChI is InChI=1S/C26H26N4O2/c1-3-29(4-2)21-16-14-20(15-17-21)27-25(31)24-22-12-8-9-13-23(22)26(32)30(28-24)18-19-10-6-5-7-11-19/h5-17H,3-4,18H2,1-2H3,(H,27,31). The predicted molar refractivity (Wildman–Crippen MR) is 130 cm³/mol. The van der Waals surface area contributed by atoms with Crippen LogP contribution >= 0.6 is 0 Å². The van der Waals surface area contributed by atoms with E-state index in [4.69, 9.17) is 0 Å². The maximum absolute atomic E-state index is 13.2. The second kappa shape index (κ2) is 9.47. The van der Waals surface area contributed by atoms with Crippen LogP contribution in [0.15, 0.2) is 83.7 Å². The van der Waals surface area contributed by atoms with E-state index in [1.807, 2.05) is 54.6 Å². The normalized spacial score (nSPS) is 10.8. The number of fused-ring (bicyclic) bond motifs is 1. The Morgan fingerprint density at radius 3 is 2.16 bits per heavy atom. The van der Waals surface area contributed by atoms with Gasteiger partial charge in [-0.1, -0.05) is 48.5 Å². The molecular weight excluding hydrogens is 400 g/mol. The molecule has 1 N–H and O–H groups in total. The number of nitrogens with zero attached hydrogens (tertiary/aromatic N) is 3. The molecule has 3 aromatic carbocycles. The first-order valence-electron chi connectivity index (χ1n) is 10.8. The molecule has 6 nitrogen and oxygen atoms in total. The minimum atomic E-state index is -0.349. The maximum atomic E-state index is 13.2. The summed E-state index contributed by atoms with van der Waals surface area (Å²) in [5.41, 5.74) is 2.73. The zero-order chi connectivity index (χ0) is 22.5. The number of benzene rings is 3. The van der Waals surface area contributed by atoms with Crippen molar-refractivity contribution in [2.24, 2.45) is 0 Å². The van der Waals surface area contributed by atoms with E-state index >= 15 is 0 Å². The molecule has 1 heterocycles. The number of nitrogens with one attached hydrogen (secondary N) is 1. The number of hydrogen-bond donors (Lipinski definition) is 1. The minimum Gasteiger partial charge on any atom is -0.372 e. The van der Waals surface area contributed by atoms with Crippen LogP contribution < -0.4 is 15.8 Å². The van der Waals surface area contributed by atoms with Crippen LogP contribution in [0.3, 0.4) is 0 Å². The lowest BCUT2D eigenvalue weighted by Crippen LogP contribution is -2.28. The fourth-order valence-corrected chi connectivity index (χ4v) is 3.80. The van der Waals surface area contributed by atoms with Crippen LogP contribution in [0.25, 0.3) is 10.8 Å². The van der Waals surface area contributed by atoms with E-state index in [0.717, 1.165) is 24.3 Å². The summed E-state index contributed by atoms with van der Waals surface area (Å²) in [6.07, 6.45) is 0. The summed E-state index contributed by atoms with van der Waals surface area (Å²) < 4.78 is 1.36. The number of amides is 1. The Hall–Kier alpha value is -3.93. The molecule has 0 bridgehead atoms. The Morgan fingerprint density at radius 2 is 1.50 bits per heavy atom. The van der Waals surface area contributed by atoms with E-state index in [1.54, 1.807) is 24.3 Å². The summed E-state index contributed by atoms with van der Waals surface area (Å²) in [6, 6.07) is 24.5. The smallest absolute Gasteiger partial charge is 0.276 e. The van der Waals surface area contributed by atoms with Crippen molar-refractivity contribution >= 4 is 28.1 Å². The number of hydrogen-bond acceptors (Lipinski definition) is 4. The highest BCUT2D eigenvalue weighted by Crippen LogP contribution is 2.20. The molecule has 4 aromatic rings. The summed E-state index contributed by atoms with van der Waals surface area (Å²) in [5.74, 6) is -0.349. The van der Waals surface area contributed by atoms with E-state index in [1.165, 1.54) is 4.68 Å². The molecule has 0 saturated heterocycles. The van der Waals surface area contributed by atoms with Crippen molar-refractivity contribution in [2.45, 2.75) is 20.4 Å². The van der Waals surface area contributed by atoms with Gasteiger partial charge < -0.3 is 10.2 Å². The van der Waals surface area contributed by atoms with Crippen LogP contribution in [0, 0.1) is 0 Å². The van der Waals surface area contributed by atoms with Crippen molar-refractivity contribution in [2.75, 3.05) is 23.3 Å². The van der Waals surface area contributed by atoms with E-state index in [-0.39, 0.29) is 17.2 Å². The van der Waals surface area contributed by atoms with Gasteiger partial charge in [-0.2, -0.15) is 5.10 Å². The minimum absolute atomic E-state index is 0.218. The van der Waals surface area contributed by atoms with Crippen LogP contribution in [-0.2, 0) is 6.54 Å². The van der Waals surface area contributed by atoms with Gasteiger partial charge in [0.2, 0.25) is 0 Å². The number of rotatable bonds is 7. The monoisotopic (exact) mass is 426 g/mol. The Bertz CT molecular complexity index is 1280. The molecule has 0 fully saturated rings. The topological polar surface area (TPSA) is 67.2 Å². The molecular formula is C26H26N4O2. The van der Waals surface area contributed by atoms with Crippen LogP contribution in [0.1, 0.15) is 29.9 Å². The van der Waals surface area contributed by atoms with Crippen molar-refractivity contribution in [3.05, 3.63) is 100 Å². The van der Waals surface area contributed by atoms with Crippen molar-refractivity contribution in [1.82, 2.24) is 9.78 Å². The van der Waals surface area contributed by atoms with E-state index in [2.05, 4.69) is 29.2 Å². The Kier molecular flexibility index (Phi) is 6.31. The second-order valence-corrected chi connectivity index (χ2v) is 7.52. The Morgan fingerprint density at radius 1 is 0.875 bits per heavy atom. The van der Waals surface area contributed by atoms with Crippen LogP contribution in [0.2, 0.25) is 0 Å². The van der Waals surface area contributed by atoms with Gasteiger partial charge in [-0.15, -0.1) is 0 Å². The molecule has 6 heteroatoms. The molecule has 0 saturated carbocycles. The van der Waals surface area contributed by atoms with Crippen molar-refractivity contribution < 1.29 is 4.79 Å². The number of aromatic nitrogens is 2. The van der Waals surface area contributed by atoms with Gasteiger partial charge in [0.15, 0.2) is 5.69 Å². The number of carbonyl (C=O) groups excluding carboxylic acids is 1. The van der Waals surface area contributed by atoms with Gasteiger partial charge >= 0.3 is 0 Å². The molecule has 1 amide bonds. The number of carbonyl (C=O) groups is 1. The molecule has 162 valence electrons. The van der Waals surface area contributed by atoms with E-state index < -0.39 is 0 Å². The quantitative estimate of drug-likeness (QED) is 0.471. The molecule has 0 unspecified atom stereocenters. The molecule has 0 aliphatic carbocycles. The highest BCUT2D eigenvalue weighted by molar-refractivity contribution is 6.11. The molecule has 32 heavy (non-hydrogen) atoms. The van der Waals surface area contributed by atoms with Gasteiger partial charge in [-0.3, -0.25) is 9.59 Å². The number of anilines is 2. The molecule has 0 spiro atoms. The highest BCUT2D eigenvalue weighted by Gasteiger charge is 2.17. The maximum Gasteiger partial charge on any atom is 0.276 e. The van der Waals surface area contributed by atoms with Crippen LogP contribution in [0.5, 0.6) is 0 Å². The first-order valence-corrected chi connectivity index (χ1v) is 10.8. The average molecular weight is 427 g/mol. The summed E-state index contributed by atoms with van der Waals surface area (Å²) in [6.45, 7) is 6.35. The SMILES string of the molecule is CCN(CC)c1ccc(NC(=O)c2nn(Cc3ccccc3)c(=O)c3ccccc23)cc1. The molecule has 0 atom stereocenters. The summed E-state index contributed by atoms with van der Waals surface area (Å²) >= 11 is 0. The first-order chi connectivity index (χ1) is 15.6. The Labute approximate surface area is 187 Å². The molecule has 0 aliphatic heterocycles. The van der Waals surface area contributed by atoms with Gasteiger partial charge in [0.25, 0.3) is 11.5 Å². The van der Waals surface area contributed by atoms with Gasteiger partial charge in [0.1, 0.15) is 0 Å². The summed E-state index contributed by atoms with van der Waals surface area (Å²) in [4.78, 5) is 28.4. The lowest BCUT2D eigenvalue weighted by atomic mass is 10.1. The third kappa shape index (κ3) is 4.39. The van der Waals surface area contributed by atoms with Gasteiger partial charge in [-0.05, 0) is 49.7 Å². The zero-order valence-corrected chi connectivity index (χ0v) is 18.3. The highest BCUT2D eigenvalue weighted by atomic mass is 16.2. The molecule has 4 rings (SSSR count). The summed E-state index contributed by atoms with van der Waals surface area (Å²) in [5, 5.41) is 8.39.